The van der Waals surface area contributed by atoms with Crippen molar-refractivity contribution >= 4 is 17.6 Å². The monoisotopic (exact) mass is 371 g/mol. The van der Waals surface area contributed by atoms with Gasteiger partial charge in [0.15, 0.2) is 11.5 Å². The summed E-state index contributed by atoms with van der Waals surface area (Å²) in [5.74, 6) is -0.473. The first-order valence-corrected chi connectivity index (χ1v) is 8.41. The van der Waals surface area contributed by atoms with Crippen molar-refractivity contribution in [1.29, 1.82) is 0 Å². The van der Waals surface area contributed by atoms with E-state index in [1.165, 1.54) is 26.2 Å². The van der Waals surface area contributed by atoms with Gasteiger partial charge in [-0.05, 0) is 29.3 Å². The van der Waals surface area contributed by atoms with Crippen LogP contribution in [0.3, 0.4) is 0 Å². The summed E-state index contributed by atoms with van der Waals surface area (Å²) in [5.41, 5.74) is 1.98. The third-order valence-electron chi connectivity index (χ3n) is 4.65. The molecule has 0 spiro atoms. The molecule has 0 aliphatic carbocycles. The number of carbonyl (C=O) groups is 2. The molecule has 1 unspecified atom stereocenters. The topological polar surface area (TPSA) is 85.3 Å². The van der Waals surface area contributed by atoms with Crippen LogP contribution in [0.25, 0.3) is 0 Å². The van der Waals surface area contributed by atoms with Crippen LogP contribution >= 0.6 is 0 Å². The maximum Gasteiger partial charge on any atom is 0.312 e. The van der Waals surface area contributed by atoms with Crippen molar-refractivity contribution in [1.82, 2.24) is 0 Å². The molecule has 0 saturated heterocycles. The van der Waals surface area contributed by atoms with E-state index < -0.39 is 11.9 Å². The summed E-state index contributed by atoms with van der Waals surface area (Å²) < 4.78 is 15.9. The highest BCUT2D eigenvalue weighted by atomic mass is 16.5. The minimum absolute atomic E-state index is 0.0807. The number of anilines is 1. The minimum Gasteiger partial charge on any atom is -0.493 e. The van der Waals surface area contributed by atoms with Gasteiger partial charge in [-0.25, -0.2) is 0 Å². The van der Waals surface area contributed by atoms with E-state index in [9.17, 15) is 14.7 Å². The van der Waals surface area contributed by atoms with Crippen LogP contribution in [0.1, 0.15) is 17.0 Å². The average molecular weight is 371 g/mol. The third kappa shape index (κ3) is 3.40. The van der Waals surface area contributed by atoms with Crippen LogP contribution in [-0.2, 0) is 16.0 Å². The number of carboxylic acids is 1. The van der Waals surface area contributed by atoms with Gasteiger partial charge in [0.1, 0.15) is 5.92 Å². The molecule has 1 heterocycles. The molecule has 3 rings (SSSR count). The Morgan fingerprint density at radius 3 is 2.26 bits per heavy atom. The quantitative estimate of drug-likeness (QED) is 0.840. The van der Waals surface area contributed by atoms with Gasteiger partial charge in [-0.3, -0.25) is 9.59 Å². The summed E-state index contributed by atoms with van der Waals surface area (Å²) in [7, 11) is 4.53. The van der Waals surface area contributed by atoms with Crippen molar-refractivity contribution in [3.8, 4) is 17.2 Å². The van der Waals surface area contributed by atoms with Gasteiger partial charge in [-0.1, -0.05) is 18.2 Å². The first kappa shape index (κ1) is 18.6. The maximum absolute atomic E-state index is 12.9. The van der Waals surface area contributed by atoms with Crippen molar-refractivity contribution in [3.63, 3.8) is 0 Å². The van der Waals surface area contributed by atoms with Gasteiger partial charge in [0.05, 0.1) is 27.8 Å². The molecule has 0 saturated carbocycles. The van der Waals surface area contributed by atoms with E-state index in [0.29, 0.717) is 34.1 Å². The smallest absolute Gasteiger partial charge is 0.312 e. The van der Waals surface area contributed by atoms with Gasteiger partial charge in [-0.2, -0.15) is 0 Å². The minimum atomic E-state index is -0.939. The van der Waals surface area contributed by atoms with Crippen LogP contribution < -0.4 is 19.1 Å². The molecule has 1 N–H and O–H groups in total. The van der Waals surface area contributed by atoms with Gasteiger partial charge < -0.3 is 24.2 Å². The van der Waals surface area contributed by atoms with E-state index in [1.807, 2.05) is 0 Å². The summed E-state index contributed by atoms with van der Waals surface area (Å²) in [4.78, 5) is 26.0. The van der Waals surface area contributed by atoms with E-state index in [1.54, 1.807) is 36.4 Å². The highest BCUT2D eigenvalue weighted by Crippen LogP contribution is 2.39. The zero-order valence-corrected chi connectivity index (χ0v) is 15.4. The van der Waals surface area contributed by atoms with E-state index in [0.717, 1.165) is 0 Å². The first-order chi connectivity index (χ1) is 13.0. The second-order valence-electron chi connectivity index (χ2n) is 6.16. The Morgan fingerprint density at radius 2 is 1.70 bits per heavy atom. The number of hydrogen-bond donors (Lipinski definition) is 1. The molecule has 1 aliphatic heterocycles. The molecule has 2 aromatic carbocycles. The molecule has 0 fully saturated rings. The molecule has 2 aromatic rings. The second kappa shape index (κ2) is 7.57. The summed E-state index contributed by atoms with van der Waals surface area (Å²) in [6, 6.07) is 10.5. The summed E-state index contributed by atoms with van der Waals surface area (Å²) in [5, 5.41) is 9.46. The standard InChI is InChI=1S/C20H21NO6/c1-25-16-8-12(9-17(26-2)19(16)27-3)10-18(22)21-11-14(20(23)24)13-6-4-5-7-15(13)21/h4-9,14H,10-11H2,1-3H3,(H,23,24). The lowest BCUT2D eigenvalue weighted by molar-refractivity contribution is -0.138. The fourth-order valence-corrected chi connectivity index (χ4v) is 3.36. The molecule has 1 atom stereocenters. The molecule has 0 radical (unpaired) electrons. The number of ether oxygens (including phenoxy) is 3. The van der Waals surface area contributed by atoms with E-state index in [4.69, 9.17) is 14.2 Å². The molecule has 7 heteroatoms. The summed E-state index contributed by atoms with van der Waals surface area (Å²) in [6.07, 6.45) is 0.0807. The Balaban J connectivity index is 1.89. The molecule has 142 valence electrons. The second-order valence-corrected chi connectivity index (χ2v) is 6.16. The number of fused-ring (bicyclic) bond motifs is 1. The molecule has 7 nitrogen and oxygen atoms in total. The van der Waals surface area contributed by atoms with E-state index >= 15 is 0 Å². The van der Waals surface area contributed by atoms with Gasteiger partial charge in [-0.15, -0.1) is 0 Å². The highest BCUT2D eigenvalue weighted by Gasteiger charge is 2.36. The number of benzene rings is 2. The fraction of sp³-hybridized carbons (Fsp3) is 0.300. The van der Waals surface area contributed by atoms with Crippen LogP contribution in [0.5, 0.6) is 17.2 Å². The Bertz CT molecular complexity index is 854. The zero-order chi connectivity index (χ0) is 19.6. The molecule has 0 bridgehead atoms. The number of rotatable bonds is 6. The number of aliphatic carboxylic acids is 1. The molecule has 27 heavy (non-hydrogen) atoms. The lowest BCUT2D eigenvalue weighted by Gasteiger charge is -2.19. The van der Waals surface area contributed by atoms with Crippen molar-refractivity contribution in [2.45, 2.75) is 12.3 Å². The number of methoxy groups -OCH3 is 3. The third-order valence-corrected chi connectivity index (χ3v) is 4.65. The van der Waals surface area contributed by atoms with Crippen LogP contribution in [0, 0.1) is 0 Å². The van der Waals surface area contributed by atoms with Crippen LogP contribution in [0.4, 0.5) is 5.69 Å². The highest BCUT2D eigenvalue weighted by molar-refractivity contribution is 6.00. The Hall–Kier alpha value is -3.22. The molecule has 0 aromatic heterocycles. The Labute approximate surface area is 157 Å². The summed E-state index contributed by atoms with van der Waals surface area (Å²) in [6.45, 7) is 0.123. The van der Waals surface area contributed by atoms with Crippen LogP contribution in [-0.4, -0.2) is 44.9 Å². The first-order valence-electron chi connectivity index (χ1n) is 8.41. The number of nitrogens with zero attached hydrogens (tertiary/aromatic N) is 1. The fourth-order valence-electron chi connectivity index (χ4n) is 3.36. The van der Waals surface area contributed by atoms with Crippen molar-refractivity contribution < 1.29 is 28.9 Å². The predicted molar refractivity (Wildman–Crippen MR) is 99.0 cm³/mol. The van der Waals surface area contributed by atoms with Crippen LogP contribution in [0.15, 0.2) is 36.4 Å². The number of amides is 1. The number of para-hydroxylation sites is 1. The Morgan fingerprint density at radius 1 is 1.07 bits per heavy atom. The largest absolute Gasteiger partial charge is 0.493 e. The van der Waals surface area contributed by atoms with E-state index in [-0.39, 0.29) is 18.9 Å². The number of hydrogen-bond acceptors (Lipinski definition) is 5. The molecule has 1 aliphatic rings. The van der Waals surface area contributed by atoms with Crippen molar-refractivity contribution in [3.05, 3.63) is 47.5 Å². The van der Waals surface area contributed by atoms with Crippen molar-refractivity contribution in [2.24, 2.45) is 0 Å². The van der Waals surface area contributed by atoms with Gasteiger partial charge in [0.2, 0.25) is 11.7 Å². The molecular formula is C20H21NO6. The van der Waals surface area contributed by atoms with Gasteiger partial charge in [0.25, 0.3) is 0 Å². The van der Waals surface area contributed by atoms with E-state index in [2.05, 4.69) is 0 Å². The molecule has 1 amide bonds. The van der Waals surface area contributed by atoms with Crippen LogP contribution in [0.2, 0.25) is 0 Å². The predicted octanol–water partition coefficient (Wildman–Crippen LogP) is 2.47. The van der Waals surface area contributed by atoms with Crippen molar-refractivity contribution in [2.75, 3.05) is 32.8 Å². The normalized spacial score (nSPS) is 15.2. The molecular weight excluding hydrogens is 350 g/mol. The SMILES string of the molecule is COc1cc(CC(=O)N2CC(C(=O)O)c3ccccc32)cc(OC)c1OC. The Kier molecular flexibility index (Phi) is 5.21. The zero-order valence-electron chi connectivity index (χ0n) is 15.4. The number of carbonyl (C=O) groups excluding carboxylic acids is 1. The summed E-state index contributed by atoms with van der Waals surface area (Å²) >= 11 is 0. The lowest BCUT2D eigenvalue weighted by Crippen LogP contribution is -2.32. The number of carboxylic acid groups (broad SMARTS) is 1. The maximum atomic E-state index is 12.9. The van der Waals surface area contributed by atoms with Gasteiger partial charge in [0, 0.05) is 12.2 Å². The average Bonchev–Trinajstić information content (AvgIpc) is 3.07. The lowest BCUT2D eigenvalue weighted by atomic mass is 10.0. The van der Waals surface area contributed by atoms with Gasteiger partial charge >= 0.3 is 5.97 Å².